The van der Waals surface area contributed by atoms with Gasteiger partial charge in [0.05, 0.1) is 11.1 Å². The summed E-state index contributed by atoms with van der Waals surface area (Å²) in [6, 6.07) is 5.37. The van der Waals surface area contributed by atoms with Crippen LogP contribution in [0.1, 0.15) is 54.0 Å². The first-order valence-electron chi connectivity index (χ1n) is 17.2. The van der Waals surface area contributed by atoms with E-state index in [0.717, 1.165) is 48.5 Å². The van der Waals surface area contributed by atoms with Gasteiger partial charge in [0.2, 0.25) is 0 Å². The van der Waals surface area contributed by atoms with Crippen LogP contribution < -0.4 is 10.7 Å². The van der Waals surface area contributed by atoms with Gasteiger partial charge < -0.3 is 52.7 Å². The Morgan fingerprint density at radius 3 is 1.60 bits per heavy atom. The molecule has 2 saturated heterocycles. The Kier molecular flexibility index (Phi) is 17.3. The van der Waals surface area contributed by atoms with Crippen molar-refractivity contribution in [2.75, 3.05) is 13.2 Å². The number of non-ortho nitro benzene ring substituents is 1. The van der Waals surface area contributed by atoms with Crippen molar-refractivity contribution in [3.63, 3.8) is 0 Å². The third-order valence-electron chi connectivity index (χ3n) is 7.69. The molecule has 2 N–H and O–H groups in total. The average Bonchev–Trinajstić information content (AvgIpc) is 3.10. The molecule has 2 aliphatic heterocycles. The summed E-state index contributed by atoms with van der Waals surface area (Å²) >= 11 is 5.35. The molecule has 58 heavy (non-hydrogen) atoms. The number of benzene rings is 1. The molecule has 2 aliphatic rings. The molecule has 2 heterocycles. The van der Waals surface area contributed by atoms with Crippen LogP contribution in [0, 0.1) is 10.1 Å². The Bertz CT molecular complexity index is 1740. The zero-order valence-corrected chi connectivity index (χ0v) is 33.0. The number of nitrogens with zero attached hydrogens (tertiary/aromatic N) is 2. The Labute approximate surface area is 335 Å². The highest BCUT2D eigenvalue weighted by atomic mass is 32.1. The number of carbonyl (C=O) groups excluding carboxylic acids is 7. The Balaban J connectivity index is 2.07. The van der Waals surface area contributed by atoms with E-state index < -0.39 is 121 Å². The van der Waals surface area contributed by atoms with Gasteiger partial charge in [0.25, 0.3) is 5.69 Å². The van der Waals surface area contributed by atoms with Gasteiger partial charge in [0.1, 0.15) is 31.5 Å². The lowest BCUT2D eigenvalue weighted by molar-refractivity contribution is -0.384. The summed E-state index contributed by atoms with van der Waals surface area (Å²) < 4.78 is 56.4. The van der Waals surface area contributed by atoms with Crippen molar-refractivity contribution in [1.29, 1.82) is 0 Å². The molecule has 1 aromatic rings. The number of hydrogen-bond donors (Lipinski definition) is 2. The maximum atomic E-state index is 12.6. The minimum atomic E-state index is -1.86. The zero-order chi connectivity index (χ0) is 43.3. The summed E-state index contributed by atoms with van der Waals surface area (Å²) in [7, 11) is 0. The van der Waals surface area contributed by atoms with E-state index in [9.17, 15) is 43.7 Å². The van der Waals surface area contributed by atoms with Crippen molar-refractivity contribution in [3.05, 3.63) is 39.9 Å². The summed E-state index contributed by atoms with van der Waals surface area (Å²) in [4.78, 5) is 96.4. The van der Waals surface area contributed by atoms with E-state index in [4.69, 9.17) is 59.6 Å². The SMILES string of the molecule is CC(=O)OC[C@H]1O[C@@H](O[C@H]2[C@H](OC(C)=O)[C@@H](OC(C)=O)[C@H](NC(=S)N/N=C/c3ccc([N+](=O)[O-])cc3)O[C@@H]2COC(C)=O)[C@H](OC(C)=O)[C@@H](OC(C)=O)[C@H]1OC(C)=O. The van der Waals surface area contributed by atoms with E-state index in [1.807, 2.05) is 0 Å². The van der Waals surface area contributed by atoms with Crippen molar-refractivity contribution in [3.8, 4) is 0 Å². The fraction of sp³-hybridized carbons (Fsp3) is 0.559. The lowest BCUT2D eigenvalue weighted by Gasteiger charge is -2.49. The fourth-order valence-corrected chi connectivity index (χ4v) is 5.81. The summed E-state index contributed by atoms with van der Waals surface area (Å²) in [6.07, 6.45) is -14.9. The molecule has 23 nitrogen and oxygen atoms in total. The molecule has 0 amide bonds. The summed E-state index contributed by atoms with van der Waals surface area (Å²) in [6.45, 7) is 6.05. The summed E-state index contributed by atoms with van der Waals surface area (Å²) in [5.74, 6) is -6.17. The number of nitrogens with one attached hydrogen (secondary N) is 2. The van der Waals surface area contributed by atoms with Crippen molar-refractivity contribution in [2.24, 2.45) is 5.10 Å². The van der Waals surface area contributed by atoms with Gasteiger partial charge in [0.15, 0.2) is 48.2 Å². The van der Waals surface area contributed by atoms with Gasteiger partial charge in [-0.2, -0.15) is 5.10 Å². The summed E-state index contributed by atoms with van der Waals surface area (Å²) in [5.41, 5.74) is 2.81. The van der Waals surface area contributed by atoms with Gasteiger partial charge in [-0.05, 0) is 29.9 Å². The largest absolute Gasteiger partial charge is 0.463 e. The maximum absolute atomic E-state index is 12.6. The van der Waals surface area contributed by atoms with Gasteiger partial charge in [-0.25, -0.2) is 0 Å². The second-order valence-corrected chi connectivity index (χ2v) is 12.8. The third-order valence-corrected chi connectivity index (χ3v) is 7.89. The van der Waals surface area contributed by atoms with Crippen LogP contribution in [0.3, 0.4) is 0 Å². The Hall–Kier alpha value is -5.85. The number of nitro benzene ring substituents is 1. The van der Waals surface area contributed by atoms with Crippen LogP contribution >= 0.6 is 12.2 Å². The van der Waals surface area contributed by atoms with E-state index in [2.05, 4.69) is 15.8 Å². The number of hydrazone groups is 1. The third kappa shape index (κ3) is 14.3. The highest BCUT2D eigenvalue weighted by Crippen LogP contribution is 2.35. The van der Waals surface area contributed by atoms with Gasteiger partial charge in [-0.15, -0.1) is 0 Å². The van der Waals surface area contributed by atoms with Gasteiger partial charge in [0, 0.05) is 60.6 Å². The molecular weight excluding hydrogens is 800 g/mol. The normalized spacial score (nSPS) is 26.5. The first-order chi connectivity index (χ1) is 27.2. The van der Waals surface area contributed by atoms with Crippen LogP contribution in [0.4, 0.5) is 5.69 Å². The van der Waals surface area contributed by atoms with Crippen molar-refractivity contribution in [1.82, 2.24) is 10.7 Å². The number of esters is 7. The quantitative estimate of drug-likeness (QED) is 0.0587. The Morgan fingerprint density at radius 1 is 0.672 bits per heavy atom. The zero-order valence-electron chi connectivity index (χ0n) is 32.1. The monoisotopic (exact) mass is 842 g/mol. The molecule has 0 unspecified atom stereocenters. The number of hydrogen-bond acceptors (Lipinski definition) is 21. The molecular formula is C34H42N4O19S. The van der Waals surface area contributed by atoms with Crippen molar-refractivity contribution < 1.29 is 85.9 Å². The van der Waals surface area contributed by atoms with E-state index >= 15 is 0 Å². The van der Waals surface area contributed by atoms with Crippen LogP contribution in [0.15, 0.2) is 29.4 Å². The molecule has 0 saturated carbocycles. The van der Waals surface area contributed by atoms with Crippen molar-refractivity contribution in [2.45, 2.75) is 110 Å². The smallest absolute Gasteiger partial charge is 0.303 e. The number of ether oxygens (including phenoxy) is 10. The van der Waals surface area contributed by atoms with Gasteiger partial charge in [-0.3, -0.25) is 49.1 Å². The topological polar surface area (TPSA) is 291 Å². The second-order valence-electron chi connectivity index (χ2n) is 12.4. The lowest BCUT2D eigenvalue weighted by atomic mass is 9.95. The van der Waals surface area contributed by atoms with E-state index in [-0.39, 0.29) is 10.8 Å². The minimum Gasteiger partial charge on any atom is -0.463 e. The number of nitro groups is 1. The molecule has 0 bridgehead atoms. The number of thiocarbonyl (C=S) groups is 1. The molecule has 0 aliphatic carbocycles. The molecule has 0 spiro atoms. The fourth-order valence-electron chi connectivity index (χ4n) is 5.64. The molecule has 318 valence electrons. The average molecular weight is 843 g/mol. The van der Waals surface area contributed by atoms with Crippen LogP contribution in [0.5, 0.6) is 0 Å². The van der Waals surface area contributed by atoms with Gasteiger partial charge >= 0.3 is 41.8 Å². The van der Waals surface area contributed by atoms with Gasteiger partial charge in [-0.1, -0.05) is 0 Å². The Morgan fingerprint density at radius 2 is 1.12 bits per heavy atom. The molecule has 0 aromatic heterocycles. The van der Waals surface area contributed by atoms with E-state index in [0.29, 0.717) is 5.56 Å². The van der Waals surface area contributed by atoms with Crippen LogP contribution in [-0.2, 0) is 80.9 Å². The van der Waals surface area contributed by atoms with E-state index in [1.54, 1.807) is 0 Å². The van der Waals surface area contributed by atoms with Crippen LogP contribution in [0.2, 0.25) is 0 Å². The summed E-state index contributed by atoms with van der Waals surface area (Å²) in [5, 5.41) is 17.4. The van der Waals surface area contributed by atoms with Crippen LogP contribution in [0.25, 0.3) is 0 Å². The minimum absolute atomic E-state index is 0.143. The van der Waals surface area contributed by atoms with E-state index in [1.165, 1.54) is 30.5 Å². The number of rotatable bonds is 15. The maximum Gasteiger partial charge on any atom is 0.303 e. The number of carbonyl (C=O) groups is 7. The highest BCUT2D eigenvalue weighted by molar-refractivity contribution is 7.80. The predicted molar refractivity (Wildman–Crippen MR) is 193 cm³/mol. The molecule has 0 radical (unpaired) electrons. The first-order valence-corrected chi connectivity index (χ1v) is 17.6. The van der Waals surface area contributed by atoms with Crippen LogP contribution in [-0.4, -0.2) is 133 Å². The highest BCUT2D eigenvalue weighted by Gasteiger charge is 2.57. The standard InChI is InChI=1S/C34H42N4O19S/c1-15(39)48-13-24-27(57-33-31(54-21(7)45)29(52-19(5)43)26(50-17(3)41)25(56-33)14-49-16(2)40)28(51-18(4)42)30(53-20(6)44)32(55-24)36-34(58)37-35-12-22-8-10-23(11-9-22)38(46)47/h8-12,24-33H,13-14H2,1-7H3,(H2,36,37,58)/b35-12+/t24-,25-,26+,27-,28+,29+,30-,31-,32-,33+/m1/s1. The molecule has 2 fully saturated rings. The molecule has 3 rings (SSSR count). The second kappa shape index (κ2) is 21.6. The van der Waals surface area contributed by atoms with Crippen molar-refractivity contribution >= 4 is 71.0 Å². The molecule has 10 atom stereocenters. The first kappa shape index (κ1) is 46.5. The molecule has 1 aromatic carbocycles. The lowest BCUT2D eigenvalue weighted by Crippen LogP contribution is -2.69. The predicted octanol–water partition coefficient (Wildman–Crippen LogP) is 0.0125. The molecule has 24 heteroatoms.